The lowest BCUT2D eigenvalue weighted by atomic mass is 9.70. The molecule has 2 bridgehead atoms. The Kier molecular flexibility index (Phi) is 8.92. The second kappa shape index (κ2) is 13.4. The average molecular weight is 749 g/mol. The molecule has 4 aromatic heterocycles. The van der Waals surface area contributed by atoms with E-state index in [-0.39, 0.29) is 22.4 Å². The Morgan fingerprint density at radius 3 is 2.72 bits per heavy atom. The summed E-state index contributed by atoms with van der Waals surface area (Å²) in [6.07, 6.45) is 9.08. The maximum atomic E-state index is 13.5. The van der Waals surface area contributed by atoms with Crippen molar-refractivity contribution in [1.29, 1.82) is 0 Å². The number of rotatable bonds is 9. The highest BCUT2D eigenvalue weighted by molar-refractivity contribution is 7.71. The second-order valence-corrected chi connectivity index (χ2v) is 20.0. The molecule has 3 N–H and O–H groups in total. The third kappa shape index (κ3) is 6.74. The summed E-state index contributed by atoms with van der Waals surface area (Å²) in [7, 11) is 0.220. The first-order valence-corrected chi connectivity index (χ1v) is 21.0. The maximum absolute atomic E-state index is 13.5. The van der Waals surface area contributed by atoms with Crippen LogP contribution in [0.3, 0.4) is 0 Å². The standard InChI is InChI=1S/C40H42N7O4PS/c1-24-17-39(3)20-40(4,23-52(19-24,22-39)51-41-5)21-47-25(2)31(18-43-47)28-13-14-32(44-34(28)37(49)50)27-12-11-26-8-6-9-29(30(26)16-27)35(48)46-38-45-33-10-7-15-42-36(33)53-38/h6-16,18,24,41H,17,19-23H2,1-5H3,(H-,45,46,48,49,50)/p+1. The van der Waals surface area contributed by atoms with Gasteiger partial charge in [0.1, 0.15) is 10.3 Å². The first-order valence-electron chi connectivity index (χ1n) is 17.9. The van der Waals surface area contributed by atoms with Gasteiger partial charge in [-0.1, -0.05) is 56.4 Å². The van der Waals surface area contributed by atoms with Crippen LogP contribution in [-0.4, -0.2) is 67.2 Å². The van der Waals surface area contributed by atoms with Gasteiger partial charge in [-0.3, -0.25) is 14.8 Å². The number of aromatic carboxylic acids is 1. The Labute approximate surface area is 312 Å². The van der Waals surface area contributed by atoms with Crippen LogP contribution in [0.2, 0.25) is 0 Å². The zero-order valence-corrected chi connectivity index (χ0v) is 32.2. The second-order valence-electron chi connectivity index (χ2n) is 15.7. The number of anilines is 1. The molecule has 8 rings (SSSR count). The highest BCUT2D eigenvalue weighted by atomic mass is 32.1. The number of nitrogens with zero attached hydrogens (tertiary/aromatic N) is 5. The monoisotopic (exact) mass is 748 g/mol. The predicted octanol–water partition coefficient (Wildman–Crippen LogP) is 8.57. The van der Waals surface area contributed by atoms with Gasteiger partial charge >= 0.3 is 5.97 Å². The fourth-order valence-electron chi connectivity index (χ4n) is 9.58. The molecular formula is C40H43N7O4PS+. The van der Waals surface area contributed by atoms with E-state index in [0.717, 1.165) is 63.8 Å². The lowest BCUT2D eigenvalue weighted by molar-refractivity contribution is 0.0691. The molecule has 2 aliphatic heterocycles. The molecule has 0 spiro atoms. The normalized spacial score (nSPS) is 24.1. The number of carboxylic acids is 1. The van der Waals surface area contributed by atoms with E-state index < -0.39 is 13.5 Å². The van der Waals surface area contributed by atoms with Crippen molar-refractivity contribution in [3.63, 3.8) is 0 Å². The molecule has 6 heterocycles. The van der Waals surface area contributed by atoms with Crippen LogP contribution in [0.5, 0.6) is 0 Å². The van der Waals surface area contributed by atoms with Gasteiger partial charge in [0.25, 0.3) is 5.91 Å². The van der Waals surface area contributed by atoms with Gasteiger partial charge in [0, 0.05) is 52.0 Å². The number of carbonyl (C=O) groups is 2. The van der Waals surface area contributed by atoms with E-state index in [0.29, 0.717) is 33.4 Å². The number of carboxylic acid groups (broad SMARTS) is 1. The van der Waals surface area contributed by atoms with Crippen molar-refractivity contribution in [3.8, 4) is 22.4 Å². The quantitative estimate of drug-likeness (QED) is 0.0979. The number of benzene rings is 2. The van der Waals surface area contributed by atoms with E-state index >= 15 is 0 Å². The molecule has 0 radical (unpaired) electrons. The topological polar surface area (TPSA) is 144 Å². The number of nitrogens with one attached hydrogen (secondary N) is 2. The Morgan fingerprint density at radius 1 is 1.08 bits per heavy atom. The van der Waals surface area contributed by atoms with Crippen molar-refractivity contribution < 1.29 is 19.3 Å². The van der Waals surface area contributed by atoms with Crippen LogP contribution < -0.4 is 10.8 Å². The van der Waals surface area contributed by atoms with E-state index in [9.17, 15) is 14.7 Å². The van der Waals surface area contributed by atoms with Crippen molar-refractivity contribution in [1.82, 2.24) is 30.2 Å². The number of amides is 1. The Bertz CT molecular complexity index is 2380. The number of hydrogen-bond donors (Lipinski definition) is 3. The minimum absolute atomic E-state index is 0.0129. The molecule has 2 aliphatic rings. The summed E-state index contributed by atoms with van der Waals surface area (Å²) in [6.45, 7) is 9.89. The van der Waals surface area contributed by atoms with Crippen molar-refractivity contribution in [2.24, 2.45) is 16.7 Å². The fourth-order valence-corrected chi connectivity index (χ4v) is 15.8. The SMILES string of the molecule is CNO[P+]12CC(C)CC(C)(CC(C)(Cn3ncc(-c4ccc(-c5ccc6cccc(C(=O)Nc7nc8cccnc8s7)c6c5)nc4C(=O)O)c3C)C1)C2. The van der Waals surface area contributed by atoms with Crippen LogP contribution in [-0.2, 0) is 11.2 Å². The van der Waals surface area contributed by atoms with Gasteiger partial charge in [0.15, 0.2) is 18.3 Å². The summed E-state index contributed by atoms with van der Waals surface area (Å²) in [5, 5.41) is 20.2. The average Bonchev–Trinajstić information content (AvgIpc) is 3.67. The largest absolute Gasteiger partial charge is 0.476 e. The molecule has 6 aromatic rings. The first-order chi connectivity index (χ1) is 25.4. The maximum Gasteiger partial charge on any atom is 0.355 e. The third-order valence-corrected chi connectivity index (χ3v) is 16.2. The number of hydrogen-bond acceptors (Lipinski definition) is 9. The van der Waals surface area contributed by atoms with E-state index in [1.165, 1.54) is 17.8 Å². The number of aromatic nitrogens is 5. The molecule has 53 heavy (non-hydrogen) atoms. The molecule has 2 fully saturated rings. The van der Waals surface area contributed by atoms with Crippen LogP contribution >= 0.6 is 18.8 Å². The van der Waals surface area contributed by atoms with Gasteiger partial charge in [-0.2, -0.15) is 15.2 Å². The van der Waals surface area contributed by atoms with Crippen LogP contribution in [0.4, 0.5) is 5.13 Å². The van der Waals surface area contributed by atoms with Crippen LogP contribution in [0, 0.1) is 23.7 Å². The fraction of sp³-hybridized carbons (Fsp3) is 0.350. The molecule has 272 valence electrons. The third-order valence-electron chi connectivity index (χ3n) is 10.8. The molecule has 1 amide bonds. The Hall–Kier alpha value is -4.61. The zero-order valence-electron chi connectivity index (χ0n) is 30.5. The van der Waals surface area contributed by atoms with Crippen LogP contribution in [0.1, 0.15) is 60.2 Å². The van der Waals surface area contributed by atoms with Crippen molar-refractivity contribution in [2.75, 3.05) is 30.9 Å². The number of hydroxylamine groups is 1. The number of carbonyl (C=O) groups excluding carboxylic acids is 1. The summed E-state index contributed by atoms with van der Waals surface area (Å²) in [5.74, 6) is -0.771. The molecule has 0 aliphatic carbocycles. The Balaban J connectivity index is 1.08. The van der Waals surface area contributed by atoms with Crippen molar-refractivity contribution >= 4 is 57.0 Å². The number of thiazole rings is 1. The summed E-state index contributed by atoms with van der Waals surface area (Å²) < 4.78 is 8.46. The van der Waals surface area contributed by atoms with Gasteiger partial charge in [0.2, 0.25) is 0 Å². The molecule has 2 saturated heterocycles. The summed E-state index contributed by atoms with van der Waals surface area (Å²) >= 11 is 1.31. The molecule has 11 nitrogen and oxygen atoms in total. The highest BCUT2D eigenvalue weighted by Gasteiger charge is 2.62. The molecule has 13 heteroatoms. The van der Waals surface area contributed by atoms with Gasteiger partial charge < -0.3 is 5.11 Å². The van der Waals surface area contributed by atoms with Gasteiger partial charge in [-0.15, -0.1) is 0 Å². The minimum Gasteiger partial charge on any atom is -0.476 e. The first kappa shape index (κ1) is 35.4. The molecular weight excluding hydrogens is 706 g/mol. The number of fused-ring (bicyclic) bond motifs is 4. The predicted molar refractivity (Wildman–Crippen MR) is 212 cm³/mol. The van der Waals surface area contributed by atoms with Crippen LogP contribution in [0.25, 0.3) is 43.5 Å². The Morgan fingerprint density at radius 2 is 1.92 bits per heavy atom. The van der Waals surface area contributed by atoms with Gasteiger partial charge in [-0.25, -0.2) is 19.7 Å². The molecule has 4 unspecified atom stereocenters. The summed E-state index contributed by atoms with van der Waals surface area (Å²) in [4.78, 5) is 40.5. The minimum atomic E-state index is -1.66. The van der Waals surface area contributed by atoms with E-state index in [1.54, 1.807) is 18.5 Å². The molecule has 0 saturated carbocycles. The lowest BCUT2D eigenvalue weighted by Gasteiger charge is -2.52. The number of pyridine rings is 2. The van der Waals surface area contributed by atoms with E-state index in [2.05, 4.69) is 46.5 Å². The summed E-state index contributed by atoms with van der Waals surface area (Å²) in [5.41, 5.74) is 7.78. The molecule has 4 atom stereocenters. The van der Waals surface area contributed by atoms with Crippen molar-refractivity contribution in [3.05, 3.63) is 90.0 Å². The van der Waals surface area contributed by atoms with Gasteiger partial charge in [0.05, 0.1) is 36.9 Å². The summed E-state index contributed by atoms with van der Waals surface area (Å²) in [6, 6.07) is 18.6. The van der Waals surface area contributed by atoms with Crippen molar-refractivity contribution in [2.45, 2.75) is 47.1 Å². The van der Waals surface area contributed by atoms with Gasteiger partial charge in [-0.05, 0) is 72.9 Å². The van der Waals surface area contributed by atoms with Crippen LogP contribution in [0.15, 0.2) is 73.1 Å². The van der Waals surface area contributed by atoms with E-state index in [4.69, 9.17) is 9.72 Å². The van der Waals surface area contributed by atoms with E-state index in [1.807, 2.05) is 73.3 Å². The smallest absolute Gasteiger partial charge is 0.355 e. The molecule has 2 aromatic carbocycles. The highest BCUT2D eigenvalue weighted by Crippen LogP contribution is 2.74. The zero-order chi connectivity index (χ0) is 37.1. The lowest BCUT2D eigenvalue weighted by Crippen LogP contribution is -2.49.